The van der Waals surface area contributed by atoms with Crippen molar-refractivity contribution < 1.29 is 13.5 Å². The van der Waals surface area contributed by atoms with Crippen LogP contribution in [0.2, 0.25) is 0 Å². The maximum atomic E-state index is 14.1. The van der Waals surface area contributed by atoms with E-state index in [1.165, 1.54) is 10.1 Å². The monoisotopic (exact) mass is 519 g/mol. The number of para-hydroxylation sites is 2. The van der Waals surface area contributed by atoms with Gasteiger partial charge in [0.15, 0.2) is 5.82 Å². The largest absolute Gasteiger partial charge is 0.378 e. The molecule has 198 valence electrons. The number of anilines is 2. The Hall–Kier alpha value is -3.63. The fourth-order valence-corrected chi connectivity index (χ4v) is 5.12. The Morgan fingerprint density at radius 3 is 2.47 bits per heavy atom. The summed E-state index contributed by atoms with van der Waals surface area (Å²) in [6, 6.07) is 20.0. The van der Waals surface area contributed by atoms with Gasteiger partial charge in [-0.1, -0.05) is 42.5 Å². The molecule has 0 bridgehead atoms. The molecule has 2 aromatic carbocycles. The Labute approximate surface area is 220 Å². The maximum Gasteiger partial charge on any atom is 0.296 e. The maximum absolute atomic E-state index is 14.1. The van der Waals surface area contributed by atoms with Gasteiger partial charge >= 0.3 is 0 Å². The normalized spacial score (nSPS) is 19.6. The number of nitrogens with one attached hydrogen (secondary N) is 2. The van der Waals surface area contributed by atoms with Gasteiger partial charge in [-0.15, -0.1) is 0 Å². The molecular formula is C28H31F2N7O. The standard InChI is InChI=1S/C28H31F2N7O/c29-26(30)27-33-22-8-4-5-9-23(22)37(27)25-18-24(34-28(35-25)36-12-14-38-15-13-36)32-21-16-20(17-21)31-11-10-19-6-2-1-3-7-19/h1-9,18,20-21,26,31H,10-17H2,(H,32,34,35)/t20-,21-. The van der Waals surface area contributed by atoms with Crippen LogP contribution >= 0.6 is 0 Å². The first-order valence-electron chi connectivity index (χ1n) is 13.2. The van der Waals surface area contributed by atoms with Gasteiger partial charge < -0.3 is 20.3 Å². The van der Waals surface area contributed by atoms with Crippen molar-refractivity contribution in [1.29, 1.82) is 0 Å². The highest BCUT2D eigenvalue weighted by atomic mass is 19.3. The lowest BCUT2D eigenvalue weighted by Gasteiger charge is -2.37. The SMILES string of the molecule is FC(F)c1nc2ccccc2n1-c1cc(N[C@H]2C[C@H](NCCc3ccccc3)C2)nc(N2CCOCC2)n1. The van der Waals surface area contributed by atoms with Crippen LogP contribution in [0.15, 0.2) is 60.7 Å². The van der Waals surface area contributed by atoms with Gasteiger partial charge in [0.2, 0.25) is 5.95 Å². The molecule has 0 atom stereocenters. The number of hydrogen-bond acceptors (Lipinski definition) is 7. The summed E-state index contributed by atoms with van der Waals surface area (Å²) >= 11 is 0. The van der Waals surface area contributed by atoms with Crippen molar-refractivity contribution >= 4 is 22.8 Å². The van der Waals surface area contributed by atoms with E-state index in [9.17, 15) is 8.78 Å². The third-order valence-electron chi connectivity index (χ3n) is 7.19. The van der Waals surface area contributed by atoms with Crippen molar-refractivity contribution in [3.05, 3.63) is 72.1 Å². The minimum Gasteiger partial charge on any atom is -0.378 e. The van der Waals surface area contributed by atoms with Crippen molar-refractivity contribution in [2.45, 2.75) is 37.8 Å². The predicted octanol–water partition coefficient (Wildman–Crippen LogP) is 4.36. The quantitative estimate of drug-likeness (QED) is 0.340. The number of fused-ring (bicyclic) bond motifs is 1. The molecule has 0 radical (unpaired) electrons. The zero-order valence-corrected chi connectivity index (χ0v) is 21.1. The molecule has 4 aromatic rings. The minimum atomic E-state index is -2.74. The second-order valence-electron chi connectivity index (χ2n) is 9.80. The Morgan fingerprint density at radius 1 is 0.921 bits per heavy atom. The first-order chi connectivity index (χ1) is 18.6. The number of imidazole rings is 1. The number of ether oxygens (including phenoxy) is 1. The third-order valence-corrected chi connectivity index (χ3v) is 7.19. The molecule has 0 amide bonds. The molecule has 3 heterocycles. The molecule has 2 aromatic heterocycles. The van der Waals surface area contributed by atoms with Crippen LogP contribution in [0.25, 0.3) is 16.9 Å². The van der Waals surface area contributed by atoms with Crippen LogP contribution in [0.3, 0.4) is 0 Å². The van der Waals surface area contributed by atoms with Gasteiger partial charge in [0.1, 0.15) is 11.6 Å². The van der Waals surface area contributed by atoms with Crippen LogP contribution in [-0.2, 0) is 11.2 Å². The van der Waals surface area contributed by atoms with E-state index in [1.54, 1.807) is 24.3 Å². The Morgan fingerprint density at radius 2 is 1.68 bits per heavy atom. The molecule has 2 fully saturated rings. The predicted molar refractivity (Wildman–Crippen MR) is 143 cm³/mol. The van der Waals surface area contributed by atoms with Crippen LogP contribution in [0.1, 0.15) is 30.7 Å². The van der Waals surface area contributed by atoms with Crippen LogP contribution in [0.5, 0.6) is 0 Å². The highest BCUT2D eigenvalue weighted by Crippen LogP contribution is 2.30. The smallest absolute Gasteiger partial charge is 0.296 e. The number of nitrogens with zero attached hydrogens (tertiary/aromatic N) is 5. The molecule has 1 saturated heterocycles. The van der Waals surface area contributed by atoms with Crippen LogP contribution in [0.4, 0.5) is 20.5 Å². The summed E-state index contributed by atoms with van der Waals surface area (Å²) in [6.07, 6.45) is 0.197. The molecule has 0 spiro atoms. The lowest BCUT2D eigenvalue weighted by Crippen LogP contribution is -2.48. The number of morpholine rings is 1. The molecule has 38 heavy (non-hydrogen) atoms. The van der Waals surface area contributed by atoms with Gasteiger partial charge in [-0.3, -0.25) is 4.57 Å². The molecule has 10 heteroatoms. The lowest BCUT2D eigenvalue weighted by molar-refractivity contribution is 0.122. The van der Waals surface area contributed by atoms with E-state index in [1.807, 2.05) is 17.0 Å². The van der Waals surface area contributed by atoms with Crippen LogP contribution in [0, 0.1) is 0 Å². The summed E-state index contributed by atoms with van der Waals surface area (Å²) in [5.74, 6) is 1.19. The van der Waals surface area contributed by atoms with E-state index in [0.717, 1.165) is 25.8 Å². The van der Waals surface area contributed by atoms with E-state index < -0.39 is 6.43 Å². The third kappa shape index (κ3) is 5.32. The minimum absolute atomic E-state index is 0.249. The summed E-state index contributed by atoms with van der Waals surface area (Å²) < 4.78 is 35.1. The molecule has 2 aliphatic rings. The average Bonchev–Trinajstić information content (AvgIpc) is 3.33. The van der Waals surface area contributed by atoms with Crippen molar-refractivity contribution in [3.8, 4) is 5.82 Å². The van der Waals surface area contributed by atoms with Gasteiger partial charge in [-0.05, 0) is 43.5 Å². The van der Waals surface area contributed by atoms with Crippen molar-refractivity contribution in [3.63, 3.8) is 0 Å². The molecule has 6 rings (SSSR count). The average molecular weight is 520 g/mol. The van der Waals surface area contributed by atoms with Gasteiger partial charge in [-0.25, -0.2) is 13.8 Å². The van der Waals surface area contributed by atoms with E-state index in [4.69, 9.17) is 14.7 Å². The summed E-state index contributed by atoms with van der Waals surface area (Å²) in [7, 11) is 0. The molecule has 2 N–H and O–H groups in total. The highest BCUT2D eigenvalue weighted by Gasteiger charge is 2.30. The van der Waals surface area contributed by atoms with Crippen molar-refractivity contribution in [2.24, 2.45) is 0 Å². The molecule has 8 nitrogen and oxygen atoms in total. The molecule has 1 aliphatic carbocycles. The number of rotatable bonds is 9. The van der Waals surface area contributed by atoms with Crippen molar-refractivity contribution in [1.82, 2.24) is 24.8 Å². The molecular weight excluding hydrogens is 488 g/mol. The molecule has 0 unspecified atom stereocenters. The summed E-state index contributed by atoms with van der Waals surface area (Å²) in [5, 5.41) is 7.15. The topological polar surface area (TPSA) is 80.1 Å². The second-order valence-corrected chi connectivity index (χ2v) is 9.80. The zero-order chi connectivity index (χ0) is 25.9. The van der Waals surface area contributed by atoms with E-state index in [-0.39, 0.29) is 11.9 Å². The van der Waals surface area contributed by atoms with E-state index in [2.05, 4.69) is 39.9 Å². The van der Waals surface area contributed by atoms with Gasteiger partial charge in [-0.2, -0.15) is 9.97 Å². The fraction of sp³-hybridized carbons (Fsp3) is 0.393. The van der Waals surface area contributed by atoms with Crippen LogP contribution in [-0.4, -0.2) is 64.5 Å². The first kappa shape index (κ1) is 24.7. The fourth-order valence-electron chi connectivity index (χ4n) is 5.12. The summed E-state index contributed by atoms with van der Waals surface area (Å²) in [4.78, 5) is 15.7. The number of benzene rings is 2. The zero-order valence-electron chi connectivity index (χ0n) is 21.1. The number of alkyl halides is 2. The molecule has 1 aliphatic heterocycles. The van der Waals surface area contributed by atoms with Gasteiger partial charge in [0, 0.05) is 31.2 Å². The Balaban J connectivity index is 1.21. The van der Waals surface area contributed by atoms with E-state index >= 15 is 0 Å². The van der Waals surface area contributed by atoms with Gasteiger partial charge in [0.05, 0.1) is 24.2 Å². The summed E-state index contributed by atoms with van der Waals surface area (Å²) in [5.41, 5.74) is 2.42. The second kappa shape index (κ2) is 11.0. The first-order valence-corrected chi connectivity index (χ1v) is 13.2. The van der Waals surface area contributed by atoms with E-state index in [0.29, 0.717) is 61.0 Å². The highest BCUT2D eigenvalue weighted by molar-refractivity contribution is 5.78. The van der Waals surface area contributed by atoms with Crippen molar-refractivity contribution in [2.75, 3.05) is 43.1 Å². The lowest BCUT2D eigenvalue weighted by atomic mass is 9.86. The van der Waals surface area contributed by atoms with Crippen LogP contribution < -0.4 is 15.5 Å². The molecule has 1 saturated carbocycles. The Kier molecular flexibility index (Phi) is 7.15. The van der Waals surface area contributed by atoms with Gasteiger partial charge in [0.25, 0.3) is 6.43 Å². The number of aromatic nitrogens is 4. The number of halogens is 2. The summed E-state index contributed by atoms with van der Waals surface area (Å²) in [6.45, 7) is 3.37. The number of hydrogen-bond donors (Lipinski definition) is 2. The Bertz CT molecular complexity index is 1370.